The van der Waals surface area contributed by atoms with E-state index in [1.54, 1.807) is 12.1 Å². The van der Waals surface area contributed by atoms with Crippen molar-refractivity contribution in [3.63, 3.8) is 0 Å². The van der Waals surface area contributed by atoms with Crippen molar-refractivity contribution in [3.8, 4) is 5.75 Å². The van der Waals surface area contributed by atoms with Crippen molar-refractivity contribution in [3.05, 3.63) is 27.3 Å². The first-order valence-corrected chi connectivity index (χ1v) is 8.51. The van der Waals surface area contributed by atoms with Crippen LogP contribution >= 0.6 is 38.5 Å². The van der Waals surface area contributed by atoms with E-state index in [-0.39, 0.29) is 11.7 Å². The molecule has 2 fully saturated rings. The quantitative estimate of drug-likeness (QED) is 0.541. The molecule has 3 rings (SSSR count). The van der Waals surface area contributed by atoms with Gasteiger partial charge in [0.25, 0.3) is 5.91 Å². The summed E-state index contributed by atoms with van der Waals surface area (Å²) in [7, 11) is 0. The maximum Gasteiger partial charge on any atom is 0.254 e. The highest BCUT2D eigenvalue weighted by Crippen LogP contribution is 2.39. The molecule has 2 saturated heterocycles. The van der Waals surface area contributed by atoms with Crippen molar-refractivity contribution in [1.82, 2.24) is 4.90 Å². The van der Waals surface area contributed by atoms with E-state index in [0.29, 0.717) is 22.5 Å². The van der Waals surface area contributed by atoms with Crippen LogP contribution in [0, 0.1) is 3.57 Å². The van der Waals surface area contributed by atoms with Gasteiger partial charge >= 0.3 is 0 Å². The molecule has 0 saturated carbocycles. The number of phenolic OH excluding ortho intramolecular Hbond substituents is 1. The fraction of sp³-hybridized carbons (Fsp3) is 0.500. The number of carbonyl (C=O) groups is 1. The summed E-state index contributed by atoms with van der Waals surface area (Å²) in [5.41, 5.74) is 0.600. The highest BCUT2D eigenvalue weighted by molar-refractivity contribution is 14.1. The maximum atomic E-state index is 12.6. The monoisotopic (exact) mass is 435 g/mol. The van der Waals surface area contributed by atoms with Crippen LogP contribution in [-0.4, -0.2) is 32.8 Å². The third-order valence-corrected chi connectivity index (χ3v) is 5.76. The molecule has 0 aliphatic carbocycles. The molecule has 2 aliphatic heterocycles. The van der Waals surface area contributed by atoms with Gasteiger partial charge in [-0.25, -0.2) is 0 Å². The van der Waals surface area contributed by atoms with E-state index in [2.05, 4.69) is 38.5 Å². The first kappa shape index (κ1) is 13.7. The SMILES string of the molecule is O=C(c1ccc(I)c(O)c1)N1C2CCC1CC(Br)C2. The number of benzene rings is 1. The average Bonchev–Trinajstić information content (AvgIpc) is 2.64. The van der Waals surface area contributed by atoms with Gasteiger partial charge < -0.3 is 10.0 Å². The Bertz CT molecular complexity index is 508. The van der Waals surface area contributed by atoms with Crippen LogP contribution in [0.4, 0.5) is 0 Å². The molecule has 2 aliphatic rings. The second-order valence-corrected chi connectivity index (χ2v) is 7.79. The molecule has 1 amide bonds. The van der Waals surface area contributed by atoms with Gasteiger partial charge in [-0.3, -0.25) is 4.79 Å². The van der Waals surface area contributed by atoms with Gasteiger partial charge in [0.05, 0.1) is 3.57 Å². The zero-order valence-corrected chi connectivity index (χ0v) is 14.1. The number of carbonyl (C=O) groups excluding carboxylic acids is 1. The Morgan fingerprint density at radius 2 is 1.95 bits per heavy atom. The smallest absolute Gasteiger partial charge is 0.254 e. The summed E-state index contributed by atoms with van der Waals surface area (Å²) in [6, 6.07) is 5.91. The van der Waals surface area contributed by atoms with E-state index in [4.69, 9.17) is 0 Å². The molecule has 0 radical (unpaired) electrons. The molecule has 5 heteroatoms. The summed E-state index contributed by atoms with van der Waals surface area (Å²) in [4.78, 5) is 15.2. The zero-order valence-electron chi connectivity index (χ0n) is 10.4. The van der Waals surface area contributed by atoms with Crippen LogP contribution in [0.1, 0.15) is 36.0 Å². The van der Waals surface area contributed by atoms with Gasteiger partial charge in [-0.05, 0) is 66.5 Å². The molecule has 2 heterocycles. The summed E-state index contributed by atoms with van der Waals surface area (Å²) in [6.07, 6.45) is 4.29. The number of aromatic hydroxyl groups is 1. The number of fused-ring (bicyclic) bond motifs is 2. The molecule has 0 aromatic heterocycles. The number of rotatable bonds is 1. The van der Waals surface area contributed by atoms with E-state index in [0.717, 1.165) is 29.3 Å². The molecular weight excluding hydrogens is 421 g/mol. The third-order valence-electron chi connectivity index (χ3n) is 4.10. The largest absolute Gasteiger partial charge is 0.507 e. The van der Waals surface area contributed by atoms with Crippen LogP contribution < -0.4 is 0 Å². The van der Waals surface area contributed by atoms with Gasteiger partial charge in [0.1, 0.15) is 5.75 Å². The van der Waals surface area contributed by atoms with Crippen LogP contribution in [0.2, 0.25) is 0 Å². The van der Waals surface area contributed by atoms with Gasteiger partial charge in [-0.15, -0.1) is 0 Å². The topological polar surface area (TPSA) is 40.5 Å². The van der Waals surface area contributed by atoms with Crippen molar-refractivity contribution in [2.75, 3.05) is 0 Å². The highest BCUT2D eigenvalue weighted by Gasteiger charge is 2.42. The number of halogens is 2. The molecular formula is C14H15BrINO2. The lowest BCUT2D eigenvalue weighted by Gasteiger charge is -2.37. The lowest BCUT2D eigenvalue weighted by atomic mass is 10.0. The number of amides is 1. The van der Waals surface area contributed by atoms with Crippen molar-refractivity contribution in [1.29, 1.82) is 0 Å². The number of hydrogen-bond donors (Lipinski definition) is 1. The van der Waals surface area contributed by atoms with E-state index in [1.165, 1.54) is 0 Å². The molecule has 1 N–H and O–H groups in total. The van der Waals surface area contributed by atoms with Crippen LogP contribution in [0.5, 0.6) is 5.75 Å². The molecule has 2 bridgehead atoms. The fourth-order valence-corrected chi connectivity index (χ4v) is 4.44. The molecule has 3 nitrogen and oxygen atoms in total. The summed E-state index contributed by atoms with van der Waals surface area (Å²) < 4.78 is 0.774. The Morgan fingerprint density at radius 3 is 2.53 bits per heavy atom. The Labute approximate surface area is 134 Å². The first-order valence-electron chi connectivity index (χ1n) is 6.51. The normalized spacial score (nSPS) is 29.6. The van der Waals surface area contributed by atoms with Gasteiger partial charge in [-0.2, -0.15) is 0 Å². The average molecular weight is 436 g/mol. The fourth-order valence-electron chi connectivity index (χ4n) is 3.24. The van der Waals surface area contributed by atoms with Crippen LogP contribution in [0.3, 0.4) is 0 Å². The second kappa shape index (κ2) is 5.24. The van der Waals surface area contributed by atoms with Crippen LogP contribution in [0.25, 0.3) is 0 Å². The van der Waals surface area contributed by atoms with E-state index < -0.39 is 0 Å². The number of alkyl halides is 1. The van der Waals surface area contributed by atoms with Gasteiger partial charge in [0.15, 0.2) is 0 Å². The predicted molar refractivity (Wildman–Crippen MR) is 85.8 cm³/mol. The molecule has 0 spiro atoms. The molecule has 1 aromatic carbocycles. The number of hydrogen-bond acceptors (Lipinski definition) is 2. The minimum Gasteiger partial charge on any atom is -0.507 e. The Balaban J connectivity index is 1.86. The lowest BCUT2D eigenvalue weighted by molar-refractivity contribution is 0.0603. The van der Waals surface area contributed by atoms with Gasteiger partial charge in [0, 0.05) is 22.5 Å². The molecule has 1 aromatic rings. The van der Waals surface area contributed by atoms with E-state index >= 15 is 0 Å². The van der Waals surface area contributed by atoms with E-state index in [1.807, 2.05) is 11.0 Å². The minimum absolute atomic E-state index is 0.0681. The Hall–Kier alpha value is -0.300. The van der Waals surface area contributed by atoms with Gasteiger partial charge in [0.2, 0.25) is 0 Å². The van der Waals surface area contributed by atoms with Crippen molar-refractivity contribution < 1.29 is 9.90 Å². The van der Waals surface area contributed by atoms with Crippen LogP contribution in [0.15, 0.2) is 18.2 Å². The Morgan fingerprint density at radius 1 is 1.32 bits per heavy atom. The molecule has 2 atom stereocenters. The number of phenols is 1. The minimum atomic E-state index is 0.0681. The summed E-state index contributed by atoms with van der Waals surface area (Å²) in [6.45, 7) is 0. The number of nitrogens with zero attached hydrogens (tertiary/aromatic N) is 1. The standard InChI is InChI=1S/C14H15BrINO2/c15-9-6-10-2-3-11(7-9)17(10)14(19)8-1-4-12(16)13(18)5-8/h1,4-5,9-11,18H,2-3,6-7H2. The summed E-state index contributed by atoms with van der Waals surface area (Å²) >= 11 is 5.75. The third kappa shape index (κ3) is 2.51. The lowest BCUT2D eigenvalue weighted by Crippen LogP contribution is -2.46. The van der Waals surface area contributed by atoms with Crippen molar-refractivity contribution in [2.45, 2.75) is 42.6 Å². The molecule has 102 valence electrons. The van der Waals surface area contributed by atoms with Crippen LogP contribution in [-0.2, 0) is 0 Å². The maximum absolute atomic E-state index is 12.6. The zero-order chi connectivity index (χ0) is 13.6. The predicted octanol–water partition coefficient (Wildman–Crippen LogP) is 3.53. The van der Waals surface area contributed by atoms with E-state index in [9.17, 15) is 9.90 Å². The highest BCUT2D eigenvalue weighted by atomic mass is 127. The van der Waals surface area contributed by atoms with Crippen molar-refractivity contribution in [2.24, 2.45) is 0 Å². The Kier molecular flexibility index (Phi) is 3.77. The van der Waals surface area contributed by atoms with Gasteiger partial charge in [-0.1, -0.05) is 15.9 Å². The summed E-state index contributed by atoms with van der Waals surface area (Å²) in [5, 5.41) is 9.75. The first-order chi connectivity index (χ1) is 9.06. The number of piperidine rings is 1. The molecule has 19 heavy (non-hydrogen) atoms. The van der Waals surface area contributed by atoms with Crippen molar-refractivity contribution >= 4 is 44.4 Å². The second-order valence-electron chi connectivity index (χ2n) is 5.33. The molecule has 2 unspecified atom stereocenters. The summed E-state index contributed by atoms with van der Waals surface area (Å²) in [5.74, 6) is 0.257.